The van der Waals surface area contributed by atoms with Gasteiger partial charge in [0.25, 0.3) is 0 Å². The topological polar surface area (TPSA) is 52.7 Å². The number of carbonyl (C=O) groups excluding carboxylic acids is 2. The molecule has 1 N–H and O–H groups in total. The van der Waals surface area contributed by atoms with Gasteiger partial charge in [0, 0.05) is 33.2 Å². The zero-order valence-electron chi connectivity index (χ0n) is 12.4. The van der Waals surface area contributed by atoms with Crippen molar-refractivity contribution in [2.24, 2.45) is 11.8 Å². The van der Waals surface area contributed by atoms with Crippen LogP contribution in [0.3, 0.4) is 0 Å². The number of hydrogen-bond donors (Lipinski definition) is 1. The van der Waals surface area contributed by atoms with Crippen LogP contribution in [0.5, 0.6) is 0 Å². The highest BCUT2D eigenvalue weighted by atomic mass is 32.2. The Bertz CT molecular complexity index is 356. The average Bonchev–Trinajstić information content (AvgIpc) is 2.97. The van der Waals surface area contributed by atoms with Crippen molar-refractivity contribution in [3.05, 3.63) is 0 Å². The minimum atomic E-state index is 0.0339. The molecule has 0 radical (unpaired) electrons. The number of hydrogen-bond acceptors (Lipinski definition) is 3. The number of urea groups is 1. The van der Waals surface area contributed by atoms with Gasteiger partial charge in [-0.2, -0.15) is 11.8 Å². The van der Waals surface area contributed by atoms with E-state index in [2.05, 4.69) is 5.32 Å². The Morgan fingerprint density at radius 1 is 1.10 bits per heavy atom. The van der Waals surface area contributed by atoms with E-state index in [1.165, 1.54) is 0 Å². The van der Waals surface area contributed by atoms with Crippen molar-refractivity contribution in [3.8, 4) is 0 Å². The molecule has 0 aliphatic carbocycles. The molecule has 1 atom stereocenters. The van der Waals surface area contributed by atoms with Crippen molar-refractivity contribution in [2.75, 3.05) is 45.2 Å². The first-order chi connectivity index (χ1) is 9.65. The molecular weight excluding hydrogens is 274 g/mol. The maximum Gasteiger partial charge on any atom is 0.317 e. The van der Waals surface area contributed by atoms with Crippen LogP contribution >= 0.6 is 11.8 Å². The van der Waals surface area contributed by atoms with Crippen LogP contribution in [0, 0.1) is 11.8 Å². The number of amides is 3. The summed E-state index contributed by atoms with van der Waals surface area (Å²) in [6.45, 7) is 3.53. The lowest BCUT2D eigenvalue weighted by molar-refractivity contribution is -0.127. The van der Waals surface area contributed by atoms with Crippen LogP contribution in [0.25, 0.3) is 0 Å². The highest BCUT2D eigenvalue weighted by Gasteiger charge is 2.34. The van der Waals surface area contributed by atoms with Gasteiger partial charge < -0.3 is 15.1 Å². The number of piperidine rings is 1. The molecule has 2 aliphatic rings. The third-order valence-corrected chi connectivity index (χ3v) is 5.09. The minimum Gasteiger partial charge on any atom is -0.342 e. The maximum atomic E-state index is 11.9. The molecule has 0 aromatic rings. The highest BCUT2D eigenvalue weighted by molar-refractivity contribution is 7.99. The molecule has 2 fully saturated rings. The van der Waals surface area contributed by atoms with Crippen LogP contribution in [0.15, 0.2) is 0 Å². The number of thioether (sulfide) groups is 1. The Morgan fingerprint density at radius 3 is 2.30 bits per heavy atom. The zero-order valence-corrected chi connectivity index (χ0v) is 13.2. The molecule has 5 nitrogen and oxygen atoms in total. The lowest BCUT2D eigenvalue weighted by Crippen LogP contribution is -2.44. The summed E-state index contributed by atoms with van der Waals surface area (Å²) in [6.07, 6.45) is 5.25. The van der Waals surface area contributed by atoms with Gasteiger partial charge in [0.05, 0.1) is 5.75 Å². The molecule has 0 aromatic carbocycles. The normalized spacial score (nSPS) is 24.0. The van der Waals surface area contributed by atoms with Crippen LogP contribution in [-0.4, -0.2) is 67.0 Å². The molecular formula is C14H25N3O2S. The zero-order chi connectivity index (χ0) is 14.5. The summed E-state index contributed by atoms with van der Waals surface area (Å²) in [6, 6.07) is 0.0339. The van der Waals surface area contributed by atoms with E-state index in [4.69, 9.17) is 0 Å². The second-order valence-corrected chi connectivity index (χ2v) is 6.57. The number of nitrogens with one attached hydrogen (secondary N) is 1. The first kappa shape index (κ1) is 15.5. The molecule has 0 bridgehead atoms. The second-order valence-electron chi connectivity index (χ2n) is 5.70. The van der Waals surface area contributed by atoms with E-state index in [1.54, 1.807) is 18.8 Å². The van der Waals surface area contributed by atoms with Gasteiger partial charge in [0.15, 0.2) is 0 Å². The third kappa shape index (κ3) is 3.59. The fourth-order valence-electron chi connectivity index (χ4n) is 3.35. The summed E-state index contributed by atoms with van der Waals surface area (Å²) >= 11 is 1.60. The largest absolute Gasteiger partial charge is 0.342 e. The number of likely N-dealkylation sites (tertiary alicyclic amines) is 2. The summed E-state index contributed by atoms with van der Waals surface area (Å²) in [5, 5.41) is 2.69. The van der Waals surface area contributed by atoms with Crippen LogP contribution in [0.2, 0.25) is 0 Å². The molecule has 0 saturated carbocycles. The van der Waals surface area contributed by atoms with Crippen molar-refractivity contribution in [1.29, 1.82) is 0 Å². The predicted octanol–water partition coefficient (Wildman–Crippen LogP) is 1.25. The molecule has 0 spiro atoms. The van der Waals surface area contributed by atoms with Crippen LogP contribution < -0.4 is 5.32 Å². The molecule has 1 unspecified atom stereocenters. The average molecular weight is 299 g/mol. The van der Waals surface area contributed by atoms with Gasteiger partial charge >= 0.3 is 6.03 Å². The van der Waals surface area contributed by atoms with Gasteiger partial charge in [-0.05, 0) is 37.4 Å². The summed E-state index contributed by atoms with van der Waals surface area (Å²) in [7, 11) is 1.68. The molecule has 6 heteroatoms. The van der Waals surface area contributed by atoms with Gasteiger partial charge in [0.2, 0.25) is 5.91 Å². The Balaban J connectivity index is 1.78. The molecule has 2 saturated heterocycles. The molecule has 114 valence electrons. The molecule has 3 amide bonds. The van der Waals surface area contributed by atoms with Gasteiger partial charge in [-0.25, -0.2) is 4.79 Å². The van der Waals surface area contributed by atoms with Crippen LogP contribution in [0.1, 0.15) is 19.3 Å². The van der Waals surface area contributed by atoms with Crippen molar-refractivity contribution >= 4 is 23.7 Å². The van der Waals surface area contributed by atoms with Gasteiger partial charge in [-0.15, -0.1) is 0 Å². The first-order valence-corrected chi connectivity index (χ1v) is 8.78. The summed E-state index contributed by atoms with van der Waals surface area (Å²) in [4.78, 5) is 27.4. The van der Waals surface area contributed by atoms with E-state index in [9.17, 15) is 9.59 Å². The Hall–Kier alpha value is -0.910. The first-order valence-electron chi connectivity index (χ1n) is 7.39. The van der Waals surface area contributed by atoms with Crippen molar-refractivity contribution in [3.63, 3.8) is 0 Å². The van der Waals surface area contributed by atoms with Crippen molar-refractivity contribution < 1.29 is 9.59 Å². The molecule has 0 aromatic heterocycles. The maximum absolute atomic E-state index is 11.9. The lowest BCUT2D eigenvalue weighted by Gasteiger charge is -2.34. The Kier molecular flexibility index (Phi) is 5.57. The quantitative estimate of drug-likeness (QED) is 0.853. The summed E-state index contributed by atoms with van der Waals surface area (Å²) in [5.41, 5.74) is 0. The third-order valence-electron chi connectivity index (χ3n) is 4.55. The predicted molar refractivity (Wildman–Crippen MR) is 81.8 cm³/mol. The van der Waals surface area contributed by atoms with Gasteiger partial charge in [-0.3, -0.25) is 4.79 Å². The van der Waals surface area contributed by atoms with E-state index in [-0.39, 0.29) is 11.9 Å². The van der Waals surface area contributed by atoms with E-state index in [0.717, 1.165) is 45.4 Å². The standard InChI is InChI=1S/C14H25N3O2S/c1-15-14(19)16-6-3-11(4-7-16)12-5-8-17(9-12)13(18)10-20-2/h11-12H,3-10H2,1-2H3,(H,15,19). The Morgan fingerprint density at radius 2 is 1.70 bits per heavy atom. The second kappa shape index (κ2) is 7.20. The number of carbonyl (C=O) groups is 2. The highest BCUT2D eigenvalue weighted by Crippen LogP contribution is 2.32. The molecule has 2 heterocycles. The summed E-state index contributed by atoms with van der Waals surface area (Å²) in [5.74, 6) is 2.18. The van der Waals surface area contributed by atoms with Gasteiger partial charge in [0.1, 0.15) is 0 Å². The SMILES string of the molecule is CNC(=O)N1CCC(C2CCN(C(=O)CSC)C2)CC1. The Labute approximate surface area is 125 Å². The van der Waals surface area contributed by atoms with E-state index >= 15 is 0 Å². The fourth-order valence-corrected chi connectivity index (χ4v) is 3.77. The lowest BCUT2D eigenvalue weighted by atomic mass is 9.84. The number of rotatable bonds is 3. The van der Waals surface area contributed by atoms with Crippen LogP contribution in [0.4, 0.5) is 4.79 Å². The molecule has 2 aliphatic heterocycles. The molecule has 2 rings (SSSR count). The summed E-state index contributed by atoms with van der Waals surface area (Å²) < 4.78 is 0. The smallest absolute Gasteiger partial charge is 0.317 e. The van der Waals surface area contributed by atoms with Crippen molar-refractivity contribution in [1.82, 2.24) is 15.1 Å². The van der Waals surface area contributed by atoms with E-state index < -0.39 is 0 Å². The fraction of sp³-hybridized carbons (Fsp3) is 0.857. The van der Waals surface area contributed by atoms with E-state index in [1.807, 2.05) is 16.1 Å². The van der Waals surface area contributed by atoms with E-state index in [0.29, 0.717) is 17.6 Å². The minimum absolute atomic E-state index is 0.0339. The van der Waals surface area contributed by atoms with Gasteiger partial charge in [-0.1, -0.05) is 0 Å². The van der Waals surface area contributed by atoms with Crippen molar-refractivity contribution in [2.45, 2.75) is 19.3 Å². The monoisotopic (exact) mass is 299 g/mol. The molecule has 20 heavy (non-hydrogen) atoms. The van der Waals surface area contributed by atoms with Crippen LogP contribution in [-0.2, 0) is 4.79 Å². The number of nitrogens with zero attached hydrogens (tertiary/aromatic N) is 2.